The zero-order valence-electron chi connectivity index (χ0n) is 9.55. The highest BCUT2D eigenvalue weighted by atomic mass is 32.2. The molecule has 0 saturated heterocycles. The van der Waals surface area contributed by atoms with Gasteiger partial charge in [0.2, 0.25) is 0 Å². The Labute approximate surface area is 112 Å². The first-order valence-corrected chi connectivity index (χ1v) is 6.06. The number of hydrogen-bond acceptors (Lipinski definition) is 5. The average molecular weight is 276 g/mol. The predicted molar refractivity (Wildman–Crippen MR) is 70.3 cm³/mol. The lowest BCUT2D eigenvalue weighted by atomic mass is 10.3. The highest BCUT2D eigenvalue weighted by Gasteiger charge is 2.25. The maximum atomic E-state index is 11.0. The van der Waals surface area contributed by atoms with Crippen molar-refractivity contribution in [3.63, 3.8) is 0 Å². The van der Waals surface area contributed by atoms with Gasteiger partial charge in [0.15, 0.2) is 4.90 Å². The molecule has 0 fully saturated rings. The molecule has 0 aliphatic heterocycles. The number of rotatable bonds is 4. The van der Waals surface area contributed by atoms with Gasteiger partial charge in [0.05, 0.1) is 9.85 Å². The standard InChI is InChI=1S/C12H8N2O4S/c15-13(16)10-7-4-8-11(14(17)18)12(10)19-9-5-2-1-3-6-9/h1-8H. The number of nitrogens with zero attached hydrogens (tertiary/aromatic N) is 2. The van der Waals surface area contributed by atoms with E-state index in [1.165, 1.54) is 18.2 Å². The Morgan fingerprint density at radius 2 is 1.32 bits per heavy atom. The predicted octanol–water partition coefficient (Wildman–Crippen LogP) is 3.65. The van der Waals surface area contributed by atoms with E-state index in [2.05, 4.69) is 0 Å². The summed E-state index contributed by atoms with van der Waals surface area (Å²) in [6.07, 6.45) is 0. The first kappa shape index (κ1) is 13.0. The molecule has 0 heterocycles. The van der Waals surface area contributed by atoms with Crippen molar-refractivity contribution in [1.29, 1.82) is 0 Å². The van der Waals surface area contributed by atoms with Crippen molar-refractivity contribution in [1.82, 2.24) is 0 Å². The van der Waals surface area contributed by atoms with E-state index in [1.54, 1.807) is 30.3 Å². The zero-order chi connectivity index (χ0) is 13.8. The molecule has 6 nitrogen and oxygen atoms in total. The topological polar surface area (TPSA) is 86.3 Å². The van der Waals surface area contributed by atoms with Crippen LogP contribution in [0.3, 0.4) is 0 Å². The molecule has 2 rings (SSSR count). The van der Waals surface area contributed by atoms with E-state index in [1.807, 2.05) is 0 Å². The fraction of sp³-hybridized carbons (Fsp3) is 0. The molecule has 0 unspecified atom stereocenters. The summed E-state index contributed by atoms with van der Waals surface area (Å²) in [6.45, 7) is 0. The Morgan fingerprint density at radius 1 is 0.789 bits per heavy atom. The van der Waals surface area contributed by atoms with Crippen molar-refractivity contribution >= 4 is 23.1 Å². The van der Waals surface area contributed by atoms with Crippen molar-refractivity contribution in [2.75, 3.05) is 0 Å². The summed E-state index contributed by atoms with van der Waals surface area (Å²) in [6, 6.07) is 12.7. The maximum absolute atomic E-state index is 11.0. The van der Waals surface area contributed by atoms with Gasteiger partial charge in [-0.1, -0.05) is 30.0 Å². The van der Waals surface area contributed by atoms with Gasteiger partial charge in [-0.25, -0.2) is 0 Å². The molecule has 0 bridgehead atoms. The van der Waals surface area contributed by atoms with Crippen molar-refractivity contribution in [2.24, 2.45) is 0 Å². The molecule has 96 valence electrons. The van der Waals surface area contributed by atoms with E-state index in [-0.39, 0.29) is 16.3 Å². The molecular weight excluding hydrogens is 268 g/mol. The smallest absolute Gasteiger partial charge is 0.258 e. The van der Waals surface area contributed by atoms with Crippen molar-refractivity contribution < 1.29 is 9.85 Å². The van der Waals surface area contributed by atoms with Gasteiger partial charge >= 0.3 is 0 Å². The third kappa shape index (κ3) is 2.89. The maximum Gasteiger partial charge on any atom is 0.290 e. The zero-order valence-corrected chi connectivity index (χ0v) is 10.4. The minimum atomic E-state index is -0.613. The molecule has 2 aromatic rings. The van der Waals surface area contributed by atoms with Gasteiger partial charge in [-0.3, -0.25) is 20.2 Å². The lowest BCUT2D eigenvalue weighted by molar-refractivity contribution is -0.399. The Kier molecular flexibility index (Phi) is 3.76. The summed E-state index contributed by atoms with van der Waals surface area (Å²) in [5.41, 5.74) is -0.522. The van der Waals surface area contributed by atoms with Crippen LogP contribution in [0, 0.1) is 20.2 Å². The molecule has 19 heavy (non-hydrogen) atoms. The quantitative estimate of drug-likeness (QED) is 0.628. The monoisotopic (exact) mass is 276 g/mol. The molecule has 0 aliphatic carbocycles. The van der Waals surface area contributed by atoms with Crippen molar-refractivity contribution in [3.05, 3.63) is 68.8 Å². The van der Waals surface area contributed by atoms with Gasteiger partial charge in [0.25, 0.3) is 11.4 Å². The fourth-order valence-corrected chi connectivity index (χ4v) is 2.53. The highest BCUT2D eigenvalue weighted by Crippen LogP contribution is 2.40. The van der Waals surface area contributed by atoms with E-state index in [4.69, 9.17) is 0 Å². The second kappa shape index (κ2) is 5.49. The Morgan fingerprint density at radius 3 is 1.79 bits per heavy atom. The molecule has 0 radical (unpaired) electrons. The fourth-order valence-electron chi connectivity index (χ4n) is 1.51. The number of nitro benzene ring substituents is 2. The number of nitro groups is 2. The molecule has 0 aliphatic rings. The summed E-state index contributed by atoms with van der Waals surface area (Å²) < 4.78 is 0. The highest BCUT2D eigenvalue weighted by molar-refractivity contribution is 7.99. The number of benzene rings is 2. The van der Waals surface area contributed by atoms with E-state index in [9.17, 15) is 20.2 Å². The van der Waals surface area contributed by atoms with Crippen LogP contribution >= 0.6 is 11.8 Å². The SMILES string of the molecule is O=[N+]([O-])c1cccc([N+](=O)[O-])c1Sc1ccccc1. The Hall–Kier alpha value is -2.41. The summed E-state index contributed by atoms with van der Waals surface area (Å²) >= 11 is 1.01. The summed E-state index contributed by atoms with van der Waals surface area (Å²) in [5, 5.41) is 21.9. The van der Waals surface area contributed by atoms with E-state index in [0.717, 1.165) is 11.8 Å². The first-order chi connectivity index (χ1) is 9.09. The Balaban J connectivity index is 2.52. The second-order valence-electron chi connectivity index (χ2n) is 3.55. The van der Waals surface area contributed by atoms with Crippen LogP contribution in [0.4, 0.5) is 11.4 Å². The van der Waals surface area contributed by atoms with Crippen LogP contribution in [0.1, 0.15) is 0 Å². The minimum Gasteiger partial charge on any atom is -0.258 e. The van der Waals surface area contributed by atoms with Gasteiger partial charge in [-0.05, 0) is 18.2 Å². The van der Waals surface area contributed by atoms with Crippen molar-refractivity contribution in [3.8, 4) is 0 Å². The third-order valence-corrected chi connectivity index (χ3v) is 3.46. The molecule has 0 spiro atoms. The summed E-state index contributed by atoms with van der Waals surface area (Å²) in [7, 11) is 0. The lowest BCUT2D eigenvalue weighted by Gasteiger charge is -2.03. The summed E-state index contributed by atoms with van der Waals surface area (Å²) in [4.78, 5) is 21.4. The van der Waals surface area contributed by atoms with Crippen LogP contribution in [-0.4, -0.2) is 9.85 Å². The Bertz CT molecular complexity index is 599. The normalized spacial score (nSPS) is 10.1. The van der Waals surface area contributed by atoms with Crippen LogP contribution < -0.4 is 0 Å². The molecule has 7 heteroatoms. The van der Waals surface area contributed by atoms with Gasteiger partial charge < -0.3 is 0 Å². The molecular formula is C12H8N2O4S. The first-order valence-electron chi connectivity index (χ1n) is 5.24. The molecule has 0 amide bonds. The largest absolute Gasteiger partial charge is 0.290 e. The lowest BCUT2D eigenvalue weighted by Crippen LogP contribution is -1.96. The van der Waals surface area contributed by atoms with Crippen LogP contribution in [0.2, 0.25) is 0 Å². The molecule has 0 saturated carbocycles. The van der Waals surface area contributed by atoms with Crippen LogP contribution in [0.15, 0.2) is 58.3 Å². The van der Waals surface area contributed by atoms with Crippen LogP contribution in [-0.2, 0) is 0 Å². The van der Waals surface area contributed by atoms with Gasteiger partial charge in [-0.2, -0.15) is 0 Å². The second-order valence-corrected chi connectivity index (χ2v) is 4.64. The average Bonchev–Trinajstić information content (AvgIpc) is 2.39. The molecule has 0 atom stereocenters. The minimum absolute atomic E-state index is 0.0451. The number of hydrogen-bond donors (Lipinski definition) is 0. The van der Waals surface area contributed by atoms with E-state index >= 15 is 0 Å². The molecule has 0 N–H and O–H groups in total. The molecule has 2 aromatic carbocycles. The van der Waals surface area contributed by atoms with Gasteiger partial charge in [-0.15, -0.1) is 0 Å². The van der Waals surface area contributed by atoms with E-state index in [0.29, 0.717) is 4.90 Å². The molecule has 0 aromatic heterocycles. The summed E-state index contributed by atoms with van der Waals surface area (Å²) in [5.74, 6) is 0. The van der Waals surface area contributed by atoms with Crippen LogP contribution in [0.5, 0.6) is 0 Å². The van der Waals surface area contributed by atoms with Crippen LogP contribution in [0.25, 0.3) is 0 Å². The van der Waals surface area contributed by atoms with Gasteiger partial charge in [0.1, 0.15) is 0 Å². The van der Waals surface area contributed by atoms with Gasteiger partial charge in [0, 0.05) is 17.0 Å². The van der Waals surface area contributed by atoms with E-state index < -0.39 is 9.85 Å². The third-order valence-electron chi connectivity index (χ3n) is 2.33. The van der Waals surface area contributed by atoms with Crippen molar-refractivity contribution in [2.45, 2.75) is 9.79 Å².